The highest BCUT2D eigenvalue weighted by Crippen LogP contribution is 2.25. The molecule has 7 nitrogen and oxygen atoms in total. The Kier molecular flexibility index (Phi) is 6.64. The Balaban J connectivity index is 1.98. The van der Waals surface area contributed by atoms with E-state index in [4.69, 9.17) is 4.74 Å². The molecule has 0 atom stereocenters. The van der Waals surface area contributed by atoms with Gasteiger partial charge < -0.3 is 4.74 Å². The van der Waals surface area contributed by atoms with Gasteiger partial charge in [-0.15, -0.1) is 0 Å². The fourth-order valence-corrected chi connectivity index (χ4v) is 2.29. The smallest absolute Gasteiger partial charge is 0.310 e. The number of hydrazone groups is 1. The number of rotatable bonds is 7. The quantitative estimate of drug-likeness (QED) is 0.431. The van der Waals surface area contributed by atoms with E-state index >= 15 is 0 Å². The average molecular weight is 406 g/mol. The lowest BCUT2D eigenvalue weighted by Gasteiger charge is -2.07. The first-order chi connectivity index (χ1) is 12.0. The van der Waals surface area contributed by atoms with Gasteiger partial charge >= 0.3 is 5.69 Å². The number of nitro groups is 1. The molecule has 130 valence electrons. The molecular formula is C17H16BrN3O4. The van der Waals surface area contributed by atoms with E-state index in [2.05, 4.69) is 26.5 Å². The molecule has 0 aliphatic heterocycles. The van der Waals surface area contributed by atoms with Crippen LogP contribution >= 0.6 is 15.9 Å². The fraction of sp³-hybridized carbons (Fsp3) is 0.176. The second-order valence-electron chi connectivity index (χ2n) is 4.97. The summed E-state index contributed by atoms with van der Waals surface area (Å²) in [6, 6.07) is 13.4. The van der Waals surface area contributed by atoms with Crippen LogP contribution < -0.4 is 10.2 Å². The van der Waals surface area contributed by atoms with Gasteiger partial charge in [-0.05, 0) is 30.2 Å². The Morgan fingerprint density at radius 2 is 1.92 bits per heavy atom. The normalized spacial score (nSPS) is 11.0. The predicted molar refractivity (Wildman–Crippen MR) is 97.7 cm³/mol. The first-order valence-corrected chi connectivity index (χ1v) is 8.28. The van der Waals surface area contributed by atoms with E-state index in [-0.39, 0.29) is 18.0 Å². The number of amides is 1. The molecule has 1 amide bonds. The molecule has 1 N–H and O–H groups in total. The van der Waals surface area contributed by atoms with Crippen LogP contribution in [-0.2, 0) is 4.79 Å². The molecule has 0 saturated carbocycles. The van der Waals surface area contributed by atoms with Crippen LogP contribution in [0, 0.1) is 10.1 Å². The van der Waals surface area contributed by atoms with Gasteiger partial charge in [0, 0.05) is 10.5 Å². The molecule has 0 bridgehead atoms. The highest BCUT2D eigenvalue weighted by atomic mass is 79.9. The zero-order chi connectivity index (χ0) is 18.2. The van der Waals surface area contributed by atoms with Crippen molar-refractivity contribution in [2.75, 3.05) is 6.61 Å². The van der Waals surface area contributed by atoms with Crippen molar-refractivity contribution >= 4 is 33.2 Å². The van der Waals surface area contributed by atoms with Crippen molar-refractivity contribution in [3.8, 4) is 5.75 Å². The van der Waals surface area contributed by atoms with Crippen molar-refractivity contribution in [1.82, 2.24) is 5.43 Å². The van der Waals surface area contributed by atoms with Crippen molar-refractivity contribution in [1.29, 1.82) is 0 Å². The van der Waals surface area contributed by atoms with E-state index in [0.717, 1.165) is 10.0 Å². The van der Waals surface area contributed by atoms with Gasteiger partial charge in [-0.1, -0.05) is 47.1 Å². The third-order valence-electron chi connectivity index (χ3n) is 3.25. The molecule has 0 fully saturated rings. The molecule has 0 saturated heterocycles. The third-order valence-corrected chi connectivity index (χ3v) is 3.78. The molecular weight excluding hydrogens is 390 g/mol. The first-order valence-electron chi connectivity index (χ1n) is 7.48. The minimum absolute atomic E-state index is 0.0373. The molecule has 25 heavy (non-hydrogen) atoms. The SMILES string of the molecule is CC/C(=N/NC(=O)COc1ccccc1[N+](=O)[O-])c1ccc(Br)cc1. The van der Waals surface area contributed by atoms with Gasteiger partial charge in [0.1, 0.15) is 0 Å². The van der Waals surface area contributed by atoms with Crippen LogP contribution in [0.4, 0.5) is 5.69 Å². The highest BCUT2D eigenvalue weighted by molar-refractivity contribution is 9.10. The minimum Gasteiger partial charge on any atom is -0.477 e. The molecule has 0 aliphatic rings. The van der Waals surface area contributed by atoms with Crippen molar-refractivity contribution in [2.24, 2.45) is 5.10 Å². The second kappa shape index (κ2) is 8.93. The summed E-state index contributed by atoms with van der Waals surface area (Å²) >= 11 is 3.36. The number of nitro benzene ring substituents is 1. The second-order valence-corrected chi connectivity index (χ2v) is 5.88. The molecule has 0 aromatic heterocycles. The van der Waals surface area contributed by atoms with E-state index in [0.29, 0.717) is 12.1 Å². The summed E-state index contributed by atoms with van der Waals surface area (Å²) in [6.07, 6.45) is 0.632. The van der Waals surface area contributed by atoms with E-state index in [1.807, 2.05) is 31.2 Å². The van der Waals surface area contributed by atoms with Gasteiger partial charge in [0.05, 0.1) is 10.6 Å². The van der Waals surface area contributed by atoms with E-state index in [1.54, 1.807) is 6.07 Å². The Morgan fingerprint density at radius 3 is 2.56 bits per heavy atom. The van der Waals surface area contributed by atoms with E-state index in [9.17, 15) is 14.9 Å². The molecule has 0 radical (unpaired) electrons. The summed E-state index contributed by atoms with van der Waals surface area (Å²) in [5, 5.41) is 15.0. The molecule has 8 heteroatoms. The number of ether oxygens (including phenoxy) is 1. The van der Waals surface area contributed by atoms with Crippen LogP contribution in [0.5, 0.6) is 5.75 Å². The summed E-state index contributed by atoms with van der Waals surface area (Å²) in [5.74, 6) is -0.462. The molecule has 0 aliphatic carbocycles. The van der Waals surface area contributed by atoms with Gasteiger partial charge in [-0.2, -0.15) is 5.10 Å². The van der Waals surface area contributed by atoms with Crippen molar-refractivity contribution in [3.05, 3.63) is 68.7 Å². The van der Waals surface area contributed by atoms with Gasteiger partial charge in [0.2, 0.25) is 0 Å². The molecule has 0 heterocycles. The van der Waals surface area contributed by atoms with Gasteiger partial charge in [0.15, 0.2) is 12.4 Å². The van der Waals surface area contributed by atoms with E-state index < -0.39 is 10.8 Å². The summed E-state index contributed by atoms with van der Waals surface area (Å²) in [4.78, 5) is 22.2. The topological polar surface area (TPSA) is 93.8 Å². The molecule has 0 unspecified atom stereocenters. The van der Waals surface area contributed by atoms with Crippen molar-refractivity contribution < 1.29 is 14.5 Å². The van der Waals surface area contributed by atoms with Crippen LogP contribution in [0.25, 0.3) is 0 Å². The highest BCUT2D eigenvalue weighted by Gasteiger charge is 2.14. The Hall–Kier alpha value is -2.74. The average Bonchev–Trinajstić information content (AvgIpc) is 2.62. The lowest BCUT2D eigenvalue weighted by Crippen LogP contribution is -2.26. The van der Waals surface area contributed by atoms with Crippen LogP contribution in [0.15, 0.2) is 58.1 Å². The van der Waals surface area contributed by atoms with Crippen LogP contribution in [-0.4, -0.2) is 23.1 Å². The van der Waals surface area contributed by atoms with Gasteiger partial charge in [-0.25, -0.2) is 5.43 Å². The third kappa shape index (κ3) is 5.39. The maximum absolute atomic E-state index is 11.9. The zero-order valence-corrected chi connectivity index (χ0v) is 15.0. The number of halogens is 1. The van der Waals surface area contributed by atoms with Crippen molar-refractivity contribution in [3.63, 3.8) is 0 Å². The van der Waals surface area contributed by atoms with Crippen LogP contribution in [0.1, 0.15) is 18.9 Å². The summed E-state index contributed by atoms with van der Waals surface area (Å²) in [6.45, 7) is 1.56. The molecule has 2 rings (SSSR count). The predicted octanol–water partition coefficient (Wildman–Crippen LogP) is 3.67. The number of carbonyl (C=O) groups is 1. The lowest BCUT2D eigenvalue weighted by molar-refractivity contribution is -0.385. The number of hydrogen-bond donors (Lipinski definition) is 1. The Morgan fingerprint density at radius 1 is 1.24 bits per heavy atom. The lowest BCUT2D eigenvalue weighted by atomic mass is 10.1. The maximum Gasteiger partial charge on any atom is 0.310 e. The van der Waals surface area contributed by atoms with Gasteiger partial charge in [0.25, 0.3) is 5.91 Å². The van der Waals surface area contributed by atoms with Gasteiger partial charge in [-0.3, -0.25) is 14.9 Å². The number of para-hydroxylation sites is 2. The monoisotopic (exact) mass is 405 g/mol. The largest absolute Gasteiger partial charge is 0.477 e. The molecule has 2 aromatic rings. The number of nitrogens with one attached hydrogen (secondary N) is 1. The number of nitrogens with zero attached hydrogens (tertiary/aromatic N) is 2. The number of carbonyl (C=O) groups excluding carboxylic acids is 1. The van der Waals surface area contributed by atoms with Crippen LogP contribution in [0.3, 0.4) is 0 Å². The summed E-state index contributed by atoms with van der Waals surface area (Å²) in [5.41, 5.74) is 3.82. The molecule has 2 aromatic carbocycles. The fourth-order valence-electron chi connectivity index (χ4n) is 2.03. The molecule has 0 spiro atoms. The van der Waals surface area contributed by atoms with Crippen molar-refractivity contribution in [2.45, 2.75) is 13.3 Å². The maximum atomic E-state index is 11.9. The van der Waals surface area contributed by atoms with E-state index in [1.165, 1.54) is 18.2 Å². The Labute approximate surface area is 153 Å². The summed E-state index contributed by atoms with van der Waals surface area (Å²) < 4.78 is 6.17. The minimum atomic E-state index is -0.561. The number of benzene rings is 2. The number of hydrogen-bond acceptors (Lipinski definition) is 5. The standard InChI is InChI=1S/C17H16BrN3O4/c1-2-14(12-7-9-13(18)10-8-12)19-20-17(22)11-25-16-6-4-3-5-15(16)21(23)24/h3-10H,2,11H2,1H3,(H,20,22)/b19-14-. The summed E-state index contributed by atoms with van der Waals surface area (Å²) in [7, 11) is 0. The Bertz CT molecular complexity index is 791. The zero-order valence-electron chi connectivity index (χ0n) is 13.4. The first kappa shape index (κ1) is 18.6. The van der Waals surface area contributed by atoms with Crippen LogP contribution in [0.2, 0.25) is 0 Å².